The average molecular weight is 297 g/mol. The van der Waals surface area contributed by atoms with Gasteiger partial charge in [-0.2, -0.15) is 13.2 Å². The number of benzene rings is 1. The highest BCUT2D eigenvalue weighted by molar-refractivity contribution is 6.00. The molecule has 0 radical (unpaired) electrons. The summed E-state index contributed by atoms with van der Waals surface area (Å²) in [6.45, 7) is -0.0824. The van der Waals surface area contributed by atoms with Crippen LogP contribution in [0.2, 0.25) is 0 Å². The Morgan fingerprint density at radius 3 is 2.52 bits per heavy atom. The number of alkyl halides is 3. The molecular formula is C15H14F3NO2. The van der Waals surface area contributed by atoms with Gasteiger partial charge in [0.2, 0.25) is 0 Å². The normalized spacial score (nSPS) is 18.2. The van der Waals surface area contributed by atoms with Crippen LogP contribution in [0.1, 0.15) is 39.9 Å². The van der Waals surface area contributed by atoms with Gasteiger partial charge < -0.3 is 4.90 Å². The van der Waals surface area contributed by atoms with E-state index in [-0.39, 0.29) is 18.9 Å². The molecule has 21 heavy (non-hydrogen) atoms. The Labute approximate surface area is 119 Å². The monoisotopic (exact) mass is 297 g/mol. The summed E-state index contributed by atoms with van der Waals surface area (Å²) in [7, 11) is 0. The van der Waals surface area contributed by atoms with Gasteiger partial charge in [0, 0.05) is 25.1 Å². The highest BCUT2D eigenvalue weighted by Gasteiger charge is 2.43. The molecule has 2 aliphatic rings. The molecule has 0 fully saturated rings. The first-order valence-electron chi connectivity index (χ1n) is 6.91. The van der Waals surface area contributed by atoms with Crippen LogP contribution in [-0.4, -0.2) is 29.3 Å². The van der Waals surface area contributed by atoms with Crippen LogP contribution in [0.15, 0.2) is 12.1 Å². The lowest BCUT2D eigenvalue weighted by molar-refractivity contribution is -0.186. The van der Waals surface area contributed by atoms with Gasteiger partial charge in [-0.15, -0.1) is 0 Å². The Balaban J connectivity index is 1.98. The summed E-state index contributed by atoms with van der Waals surface area (Å²) in [5, 5.41) is 0. The van der Waals surface area contributed by atoms with Crippen LogP contribution in [0.4, 0.5) is 13.2 Å². The van der Waals surface area contributed by atoms with E-state index in [4.69, 9.17) is 0 Å². The zero-order chi connectivity index (χ0) is 15.2. The number of rotatable bonds is 0. The van der Waals surface area contributed by atoms with E-state index >= 15 is 0 Å². The van der Waals surface area contributed by atoms with Crippen molar-refractivity contribution in [3.63, 3.8) is 0 Å². The molecule has 1 aromatic carbocycles. The maximum atomic E-state index is 12.6. The number of halogens is 3. The van der Waals surface area contributed by atoms with E-state index in [1.54, 1.807) is 0 Å². The number of carbonyl (C=O) groups excluding carboxylic acids is 2. The van der Waals surface area contributed by atoms with Crippen molar-refractivity contribution in [3.05, 3.63) is 34.4 Å². The predicted octanol–water partition coefficient (Wildman–Crippen LogP) is 2.65. The third kappa shape index (κ3) is 2.43. The van der Waals surface area contributed by atoms with Gasteiger partial charge in [0.1, 0.15) is 0 Å². The molecule has 1 aliphatic heterocycles. The van der Waals surface area contributed by atoms with Crippen LogP contribution in [0, 0.1) is 0 Å². The molecule has 0 saturated heterocycles. The summed E-state index contributed by atoms with van der Waals surface area (Å²) >= 11 is 0. The second-order valence-electron chi connectivity index (χ2n) is 5.49. The van der Waals surface area contributed by atoms with Crippen LogP contribution in [0.3, 0.4) is 0 Å². The fraction of sp³-hybridized carbons (Fsp3) is 0.467. The minimum absolute atomic E-state index is 0.0191. The summed E-state index contributed by atoms with van der Waals surface area (Å²) in [6, 6.07) is 3.77. The van der Waals surface area contributed by atoms with Crippen LogP contribution in [-0.2, 0) is 24.2 Å². The summed E-state index contributed by atoms with van der Waals surface area (Å²) in [6.07, 6.45) is -2.54. The molecule has 1 aromatic rings. The van der Waals surface area contributed by atoms with Crippen molar-refractivity contribution in [2.24, 2.45) is 0 Å². The van der Waals surface area contributed by atoms with Gasteiger partial charge in [-0.3, -0.25) is 9.59 Å². The Hall–Kier alpha value is -1.85. The third-order valence-corrected chi connectivity index (χ3v) is 4.15. The van der Waals surface area contributed by atoms with Crippen molar-refractivity contribution >= 4 is 11.7 Å². The SMILES string of the molecule is O=C1CCCc2ccc3c(c21)CN(C(=O)C(F)(F)F)CC3. The van der Waals surface area contributed by atoms with Gasteiger partial charge in [0.15, 0.2) is 5.78 Å². The maximum Gasteiger partial charge on any atom is 0.471 e. The van der Waals surface area contributed by atoms with Gasteiger partial charge in [-0.05, 0) is 36.0 Å². The highest BCUT2D eigenvalue weighted by Crippen LogP contribution is 2.32. The van der Waals surface area contributed by atoms with E-state index in [2.05, 4.69) is 0 Å². The molecule has 0 unspecified atom stereocenters. The van der Waals surface area contributed by atoms with E-state index in [0.29, 0.717) is 24.0 Å². The zero-order valence-electron chi connectivity index (χ0n) is 11.3. The van der Waals surface area contributed by atoms with Crippen molar-refractivity contribution in [3.8, 4) is 0 Å². The summed E-state index contributed by atoms with van der Waals surface area (Å²) in [5.41, 5.74) is 2.95. The zero-order valence-corrected chi connectivity index (χ0v) is 11.3. The third-order valence-electron chi connectivity index (χ3n) is 4.15. The van der Waals surface area contributed by atoms with E-state index in [0.717, 1.165) is 28.9 Å². The predicted molar refractivity (Wildman–Crippen MR) is 68.9 cm³/mol. The lowest BCUT2D eigenvalue weighted by Crippen LogP contribution is -2.44. The smallest absolute Gasteiger partial charge is 0.330 e. The van der Waals surface area contributed by atoms with Gasteiger partial charge >= 0.3 is 12.1 Å². The second kappa shape index (κ2) is 4.86. The molecule has 1 aliphatic carbocycles. The van der Waals surface area contributed by atoms with Crippen LogP contribution in [0.5, 0.6) is 0 Å². The number of amides is 1. The van der Waals surface area contributed by atoms with Crippen molar-refractivity contribution in [2.75, 3.05) is 6.54 Å². The molecule has 3 rings (SSSR count). The number of hydrogen-bond acceptors (Lipinski definition) is 2. The summed E-state index contributed by atoms with van der Waals surface area (Å²) in [4.78, 5) is 24.3. The number of aryl methyl sites for hydroxylation is 1. The van der Waals surface area contributed by atoms with Crippen LogP contribution in [0.25, 0.3) is 0 Å². The molecule has 0 aromatic heterocycles. The Bertz CT molecular complexity index is 622. The number of fused-ring (bicyclic) bond motifs is 3. The number of carbonyl (C=O) groups is 2. The first-order valence-corrected chi connectivity index (χ1v) is 6.91. The molecule has 0 atom stereocenters. The first-order chi connectivity index (χ1) is 9.88. The highest BCUT2D eigenvalue weighted by atomic mass is 19.4. The van der Waals surface area contributed by atoms with E-state index in [1.165, 1.54) is 0 Å². The van der Waals surface area contributed by atoms with E-state index < -0.39 is 12.1 Å². The van der Waals surface area contributed by atoms with Crippen molar-refractivity contribution in [1.82, 2.24) is 4.90 Å². The lowest BCUT2D eigenvalue weighted by atomic mass is 9.83. The van der Waals surface area contributed by atoms with E-state index in [9.17, 15) is 22.8 Å². The molecule has 6 heteroatoms. The molecule has 3 nitrogen and oxygen atoms in total. The quantitative estimate of drug-likeness (QED) is 0.738. The first kappa shape index (κ1) is 14.1. The molecule has 0 spiro atoms. The number of hydrogen-bond donors (Lipinski definition) is 0. The Morgan fingerprint density at radius 1 is 1.10 bits per heavy atom. The van der Waals surface area contributed by atoms with Gasteiger partial charge in [0.25, 0.3) is 0 Å². The summed E-state index contributed by atoms with van der Waals surface area (Å²) in [5.74, 6) is -1.84. The fourth-order valence-electron chi connectivity index (χ4n) is 3.15. The van der Waals surface area contributed by atoms with Crippen LogP contribution >= 0.6 is 0 Å². The average Bonchev–Trinajstić information content (AvgIpc) is 2.44. The van der Waals surface area contributed by atoms with E-state index in [1.807, 2.05) is 12.1 Å². The molecule has 0 N–H and O–H groups in total. The minimum atomic E-state index is -4.86. The van der Waals surface area contributed by atoms with Crippen LogP contribution < -0.4 is 0 Å². The lowest BCUT2D eigenvalue weighted by Gasteiger charge is -2.32. The number of ketones is 1. The molecule has 0 bridgehead atoms. The Kier molecular flexibility index (Phi) is 3.26. The summed E-state index contributed by atoms with van der Waals surface area (Å²) < 4.78 is 37.7. The van der Waals surface area contributed by atoms with Gasteiger partial charge in [-0.25, -0.2) is 0 Å². The standard InChI is InChI=1S/C15H14F3NO2/c16-15(17,18)14(21)19-7-6-9-4-5-10-2-1-3-12(20)13(10)11(9)8-19/h4-5H,1-3,6-8H2. The van der Waals surface area contributed by atoms with Gasteiger partial charge in [0.05, 0.1) is 0 Å². The molecule has 0 saturated carbocycles. The van der Waals surface area contributed by atoms with Crippen molar-refractivity contribution in [1.29, 1.82) is 0 Å². The van der Waals surface area contributed by atoms with Crippen molar-refractivity contribution < 1.29 is 22.8 Å². The van der Waals surface area contributed by atoms with Gasteiger partial charge in [-0.1, -0.05) is 12.1 Å². The minimum Gasteiger partial charge on any atom is -0.330 e. The molecule has 1 amide bonds. The molecule has 1 heterocycles. The number of nitrogens with zero attached hydrogens (tertiary/aromatic N) is 1. The number of Topliss-reactive ketones (excluding diaryl/α,β-unsaturated/α-hetero) is 1. The topological polar surface area (TPSA) is 37.4 Å². The fourth-order valence-corrected chi connectivity index (χ4v) is 3.15. The molecular weight excluding hydrogens is 283 g/mol. The van der Waals surface area contributed by atoms with Crippen molar-refractivity contribution in [2.45, 2.75) is 38.4 Å². The maximum absolute atomic E-state index is 12.6. The molecule has 112 valence electrons. The Morgan fingerprint density at radius 2 is 1.81 bits per heavy atom. The second-order valence-corrected chi connectivity index (χ2v) is 5.49. The largest absolute Gasteiger partial charge is 0.471 e.